The van der Waals surface area contributed by atoms with Gasteiger partial charge in [0.1, 0.15) is 0 Å². The number of halogens is 2. The molecule has 0 bridgehead atoms. The highest BCUT2D eigenvalue weighted by Crippen LogP contribution is 2.28. The number of amides is 1. The summed E-state index contributed by atoms with van der Waals surface area (Å²) >= 11 is 3.41. The van der Waals surface area contributed by atoms with Crippen LogP contribution in [0.5, 0.6) is 0 Å². The minimum absolute atomic E-state index is 0. The highest BCUT2D eigenvalue weighted by Gasteiger charge is 2.18. The van der Waals surface area contributed by atoms with E-state index < -0.39 is 0 Å². The van der Waals surface area contributed by atoms with Crippen molar-refractivity contribution in [2.24, 2.45) is 5.92 Å². The third-order valence-corrected chi connectivity index (χ3v) is 3.90. The quantitative estimate of drug-likeness (QED) is 0.808. The summed E-state index contributed by atoms with van der Waals surface area (Å²) < 4.78 is 6.21. The molecule has 1 saturated heterocycles. The molecular formula is C14H20BrClN2O2. The number of nitrogens with two attached hydrogens (primary N) is 1. The zero-order valence-electron chi connectivity index (χ0n) is 11.4. The van der Waals surface area contributed by atoms with E-state index in [1.807, 2.05) is 19.1 Å². The zero-order chi connectivity index (χ0) is 13.8. The predicted octanol–water partition coefficient (Wildman–Crippen LogP) is 3.52. The van der Waals surface area contributed by atoms with Gasteiger partial charge < -0.3 is 15.8 Å². The van der Waals surface area contributed by atoms with Crippen molar-refractivity contribution < 1.29 is 9.53 Å². The van der Waals surface area contributed by atoms with Crippen LogP contribution < -0.4 is 11.1 Å². The van der Waals surface area contributed by atoms with Gasteiger partial charge in [-0.2, -0.15) is 0 Å². The number of rotatable bonds is 3. The summed E-state index contributed by atoms with van der Waals surface area (Å²) in [6.45, 7) is 3.44. The molecule has 1 amide bonds. The molecule has 0 aliphatic carbocycles. The van der Waals surface area contributed by atoms with Crippen LogP contribution in [0.25, 0.3) is 0 Å². The molecule has 1 fully saturated rings. The minimum Gasteiger partial charge on any atom is -0.397 e. The lowest BCUT2D eigenvalue weighted by molar-refractivity contribution is -0.117. The Bertz CT molecular complexity index is 476. The molecule has 4 nitrogen and oxygen atoms in total. The van der Waals surface area contributed by atoms with Gasteiger partial charge in [-0.3, -0.25) is 4.79 Å². The largest absolute Gasteiger partial charge is 0.397 e. The fraction of sp³-hybridized carbons (Fsp3) is 0.500. The molecule has 20 heavy (non-hydrogen) atoms. The van der Waals surface area contributed by atoms with Gasteiger partial charge in [-0.15, -0.1) is 12.4 Å². The van der Waals surface area contributed by atoms with Crippen molar-refractivity contribution in [1.82, 2.24) is 0 Å². The van der Waals surface area contributed by atoms with Crippen molar-refractivity contribution in [1.29, 1.82) is 0 Å². The van der Waals surface area contributed by atoms with Crippen molar-refractivity contribution in [2.45, 2.75) is 26.2 Å². The highest BCUT2D eigenvalue weighted by atomic mass is 79.9. The Morgan fingerprint density at radius 1 is 1.45 bits per heavy atom. The summed E-state index contributed by atoms with van der Waals surface area (Å²) in [5, 5.41) is 2.90. The maximum absolute atomic E-state index is 12.0. The summed E-state index contributed by atoms with van der Waals surface area (Å²) in [7, 11) is 0. The molecule has 0 spiro atoms. The molecule has 0 aromatic heterocycles. The van der Waals surface area contributed by atoms with Crippen LogP contribution in [-0.4, -0.2) is 19.1 Å². The first kappa shape index (κ1) is 17.3. The van der Waals surface area contributed by atoms with E-state index in [1.165, 1.54) is 0 Å². The molecule has 0 unspecified atom stereocenters. The van der Waals surface area contributed by atoms with Gasteiger partial charge in [-0.1, -0.05) is 15.9 Å². The van der Waals surface area contributed by atoms with E-state index in [0.717, 1.165) is 36.1 Å². The third-order valence-electron chi connectivity index (χ3n) is 3.44. The number of hydrogen-bond acceptors (Lipinski definition) is 3. The van der Waals surface area contributed by atoms with E-state index in [-0.39, 0.29) is 18.3 Å². The van der Waals surface area contributed by atoms with Crippen LogP contribution in [0.3, 0.4) is 0 Å². The topological polar surface area (TPSA) is 64.3 Å². The Kier molecular flexibility index (Phi) is 6.79. The molecule has 0 atom stereocenters. The van der Waals surface area contributed by atoms with Crippen LogP contribution in [0.4, 0.5) is 11.4 Å². The lowest BCUT2D eigenvalue weighted by atomic mass is 9.96. The van der Waals surface area contributed by atoms with Gasteiger partial charge in [-0.05, 0) is 43.4 Å². The van der Waals surface area contributed by atoms with Gasteiger partial charge in [0.05, 0.1) is 11.4 Å². The number of nitrogens with one attached hydrogen (secondary N) is 1. The number of carbonyl (C=O) groups excluding carboxylic acids is 1. The maximum atomic E-state index is 12.0. The van der Waals surface area contributed by atoms with Crippen molar-refractivity contribution >= 4 is 45.6 Å². The number of nitrogen functional groups attached to an aromatic ring is 1. The second-order valence-corrected chi connectivity index (χ2v) is 5.91. The van der Waals surface area contributed by atoms with Crippen molar-refractivity contribution in [3.63, 3.8) is 0 Å². The normalized spacial score (nSPS) is 15.5. The zero-order valence-corrected chi connectivity index (χ0v) is 13.9. The molecule has 0 saturated carbocycles. The number of anilines is 2. The number of ether oxygens (including phenoxy) is 1. The van der Waals surface area contributed by atoms with Gasteiger partial charge in [0.25, 0.3) is 0 Å². The summed E-state index contributed by atoms with van der Waals surface area (Å²) in [6, 6.07) is 3.77. The molecule has 112 valence electrons. The average molecular weight is 364 g/mol. The predicted molar refractivity (Wildman–Crippen MR) is 87.3 cm³/mol. The Morgan fingerprint density at radius 2 is 2.10 bits per heavy atom. The van der Waals surface area contributed by atoms with E-state index in [9.17, 15) is 4.79 Å². The van der Waals surface area contributed by atoms with E-state index in [0.29, 0.717) is 23.7 Å². The first-order valence-corrected chi connectivity index (χ1v) is 7.29. The number of benzene rings is 1. The monoisotopic (exact) mass is 362 g/mol. The van der Waals surface area contributed by atoms with Gasteiger partial charge in [0.15, 0.2) is 0 Å². The van der Waals surface area contributed by atoms with E-state index >= 15 is 0 Å². The Hall–Kier alpha value is -0.780. The standard InChI is InChI=1S/C14H19BrN2O2.ClH/c1-9-6-11(15)8-12(14(9)16)17-13(18)7-10-2-4-19-5-3-10;/h6,8,10H,2-5,7,16H2,1H3,(H,17,18);1H. The smallest absolute Gasteiger partial charge is 0.224 e. The molecule has 0 radical (unpaired) electrons. The summed E-state index contributed by atoms with van der Waals surface area (Å²) in [5.41, 5.74) is 8.24. The van der Waals surface area contributed by atoms with Crippen LogP contribution in [0, 0.1) is 12.8 Å². The SMILES string of the molecule is Cc1cc(Br)cc(NC(=O)CC2CCOCC2)c1N.Cl. The second-order valence-electron chi connectivity index (χ2n) is 4.99. The Labute approximate surface area is 134 Å². The fourth-order valence-electron chi connectivity index (χ4n) is 2.27. The van der Waals surface area contributed by atoms with Crippen molar-refractivity contribution in [2.75, 3.05) is 24.3 Å². The molecule has 1 aromatic carbocycles. The van der Waals surface area contributed by atoms with E-state index in [1.54, 1.807) is 0 Å². The van der Waals surface area contributed by atoms with E-state index in [2.05, 4.69) is 21.2 Å². The van der Waals surface area contributed by atoms with Gasteiger partial charge in [0.2, 0.25) is 5.91 Å². The second kappa shape index (κ2) is 7.86. The Balaban J connectivity index is 0.00000200. The minimum atomic E-state index is 0. The maximum Gasteiger partial charge on any atom is 0.224 e. The highest BCUT2D eigenvalue weighted by molar-refractivity contribution is 9.10. The first-order valence-electron chi connectivity index (χ1n) is 6.49. The molecule has 1 aliphatic rings. The lowest BCUT2D eigenvalue weighted by Gasteiger charge is -2.21. The van der Waals surface area contributed by atoms with E-state index in [4.69, 9.17) is 10.5 Å². The van der Waals surface area contributed by atoms with Crippen LogP contribution in [0.15, 0.2) is 16.6 Å². The van der Waals surface area contributed by atoms with Crippen LogP contribution in [0.2, 0.25) is 0 Å². The third kappa shape index (κ3) is 4.65. The molecule has 1 aliphatic heterocycles. The fourth-order valence-corrected chi connectivity index (χ4v) is 2.84. The summed E-state index contributed by atoms with van der Waals surface area (Å²) in [6.07, 6.45) is 2.45. The lowest BCUT2D eigenvalue weighted by Crippen LogP contribution is -2.22. The summed E-state index contributed by atoms with van der Waals surface area (Å²) in [5.74, 6) is 0.444. The summed E-state index contributed by atoms with van der Waals surface area (Å²) in [4.78, 5) is 12.0. The molecule has 2 rings (SSSR count). The van der Waals surface area contributed by atoms with Crippen LogP contribution in [-0.2, 0) is 9.53 Å². The molecule has 1 heterocycles. The number of aryl methyl sites for hydroxylation is 1. The van der Waals surface area contributed by atoms with Crippen LogP contribution >= 0.6 is 28.3 Å². The first-order chi connectivity index (χ1) is 9.06. The van der Waals surface area contributed by atoms with Crippen molar-refractivity contribution in [3.05, 3.63) is 22.2 Å². The molecular weight excluding hydrogens is 344 g/mol. The Morgan fingerprint density at radius 3 is 2.75 bits per heavy atom. The van der Waals surface area contributed by atoms with Crippen LogP contribution in [0.1, 0.15) is 24.8 Å². The number of carbonyl (C=O) groups is 1. The average Bonchev–Trinajstić information content (AvgIpc) is 2.36. The molecule has 3 N–H and O–H groups in total. The van der Waals surface area contributed by atoms with Crippen molar-refractivity contribution in [3.8, 4) is 0 Å². The van der Waals surface area contributed by atoms with Gasteiger partial charge >= 0.3 is 0 Å². The van der Waals surface area contributed by atoms with Gasteiger partial charge in [0, 0.05) is 24.1 Å². The number of hydrogen-bond donors (Lipinski definition) is 2. The van der Waals surface area contributed by atoms with Gasteiger partial charge in [-0.25, -0.2) is 0 Å². The molecule has 1 aromatic rings. The molecule has 6 heteroatoms.